The lowest BCUT2D eigenvalue weighted by Gasteiger charge is -2.23. The molecule has 0 radical (unpaired) electrons. The molecule has 0 fully saturated rings. The number of hydrogen-bond donors (Lipinski definition) is 1. The van der Waals surface area contributed by atoms with Crippen molar-refractivity contribution in [3.63, 3.8) is 0 Å². The zero-order valence-electron chi connectivity index (χ0n) is 11.3. The SMILES string of the molecule is CCC[Si](OC)(OC)OC=Nc1cccc(O)c1.Cl. The second-order valence-corrected chi connectivity index (χ2v) is 6.63. The van der Waals surface area contributed by atoms with E-state index >= 15 is 0 Å². The Balaban J connectivity index is 0.00000324. The first-order valence-electron chi connectivity index (χ1n) is 5.75. The molecule has 0 unspecified atom stereocenters. The van der Waals surface area contributed by atoms with Gasteiger partial charge in [-0.2, -0.15) is 0 Å². The van der Waals surface area contributed by atoms with Crippen LogP contribution in [0.4, 0.5) is 5.69 Å². The fraction of sp³-hybridized carbons (Fsp3) is 0.417. The van der Waals surface area contributed by atoms with Gasteiger partial charge in [-0.25, -0.2) is 4.99 Å². The first-order chi connectivity index (χ1) is 8.65. The third-order valence-corrected chi connectivity index (χ3v) is 5.26. The van der Waals surface area contributed by atoms with E-state index in [-0.39, 0.29) is 18.2 Å². The Morgan fingerprint density at radius 1 is 1.32 bits per heavy atom. The highest BCUT2D eigenvalue weighted by molar-refractivity contribution is 6.61. The van der Waals surface area contributed by atoms with Crippen molar-refractivity contribution in [3.8, 4) is 5.75 Å². The standard InChI is InChI=1S/C12H19NO4Si.ClH/c1-4-8-18(15-2,16-3)17-10-13-11-6-5-7-12(14)9-11;/h5-7,9-10,14H,4,8H2,1-3H3;1H. The second-order valence-electron chi connectivity index (χ2n) is 3.71. The van der Waals surface area contributed by atoms with Gasteiger partial charge in [0, 0.05) is 26.3 Å². The summed E-state index contributed by atoms with van der Waals surface area (Å²) in [6, 6.07) is 7.34. The van der Waals surface area contributed by atoms with Crippen LogP contribution in [0.1, 0.15) is 13.3 Å². The van der Waals surface area contributed by atoms with E-state index in [9.17, 15) is 5.11 Å². The predicted octanol–water partition coefficient (Wildman–Crippen LogP) is 3.13. The number of phenols is 1. The van der Waals surface area contributed by atoms with Gasteiger partial charge in [-0.05, 0) is 12.1 Å². The van der Waals surface area contributed by atoms with Crippen LogP contribution >= 0.6 is 12.4 Å². The molecule has 19 heavy (non-hydrogen) atoms. The molecule has 0 atom stereocenters. The van der Waals surface area contributed by atoms with Gasteiger partial charge in [0.1, 0.15) is 5.75 Å². The van der Waals surface area contributed by atoms with Crippen molar-refractivity contribution in [3.05, 3.63) is 24.3 Å². The van der Waals surface area contributed by atoms with Gasteiger partial charge in [0.25, 0.3) is 0 Å². The summed E-state index contributed by atoms with van der Waals surface area (Å²) in [5, 5.41) is 9.29. The number of aromatic hydroxyl groups is 1. The Bertz CT molecular complexity index is 399. The van der Waals surface area contributed by atoms with E-state index in [0.717, 1.165) is 12.5 Å². The van der Waals surface area contributed by atoms with Gasteiger partial charge in [-0.1, -0.05) is 19.4 Å². The molecule has 1 N–H and O–H groups in total. The third-order valence-electron chi connectivity index (χ3n) is 2.44. The fourth-order valence-electron chi connectivity index (χ4n) is 1.49. The summed E-state index contributed by atoms with van der Waals surface area (Å²) in [6.45, 7) is 2.04. The average Bonchev–Trinajstić information content (AvgIpc) is 2.38. The molecule has 7 heteroatoms. The highest BCUT2D eigenvalue weighted by Crippen LogP contribution is 2.19. The number of nitrogens with zero attached hydrogens (tertiary/aromatic N) is 1. The lowest BCUT2D eigenvalue weighted by molar-refractivity contribution is 0.159. The quantitative estimate of drug-likeness (QED) is 0.477. The number of benzene rings is 1. The van der Waals surface area contributed by atoms with Crippen molar-refractivity contribution in [2.75, 3.05) is 14.2 Å². The number of phenolic OH excluding ortho intramolecular Hbond substituents is 1. The van der Waals surface area contributed by atoms with Crippen molar-refractivity contribution in [1.29, 1.82) is 0 Å². The number of halogens is 1. The topological polar surface area (TPSA) is 60.3 Å². The zero-order valence-corrected chi connectivity index (χ0v) is 13.1. The molecular weight excluding hydrogens is 286 g/mol. The van der Waals surface area contributed by atoms with Gasteiger partial charge in [0.2, 0.25) is 0 Å². The van der Waals surface area contributed by atoms with E-state index in [1.54, 1.807) is 38.5 Å². The average molecular weight is 306 g/mol. The summed E-state index contributed by atoms with van der Waals surface area (Å²) in [6.07, 6.45) is 2.23. The Hall–Kier alpha value is -1.08. The molecule has 0 saturated heterocycles. The van der Waals surface area contributed by atoms with E-state index in [2.05, 4.69) is 4.99 Å². The van der Waals surface area contributed by atoms with E-state index in [1.165, 1.54) is 6.40 Å². The molecule has 1 rings (SSSR count). The molecule has 1 aromatic carbocycles. The summed E-state index contributed by atoms with van der Waals surface area (Å²) in [5.74, 6) is 0.167. The Labute approximate surface area is 121 Å². The zero-order chi connectivity index (χ0) is 13.4. The molecule has 0 aliphatic carbocycles. The molecule has 0 spiro atoms. The second kappa shape index (κ2) is 8.92. The number of hydrogen-bond acceptors (Lipinski definition) is 5. The number of rotatable bonds is 7. The van der Waals surface area contributed by atoms with E-state index in [4.69, 9.17) is 13.3 Å². The molecule has 0 bridgehead atoms. The van der Waals surface area contributed by atoms with Crippen molar-refractivity contribution in [1.82, 2.24) is 0 Å². The van der Waals surface area contributed by atoms with E-state index in [0.29, 0.717) is 5.69 Å². The van der Waals surface area contributed by atoms with Crippen LogP contribution in [-0.4, -0.2) is 34.5 Å². The molecule has 0 heterocycles. The van der Waals surface area contributed by atoms with E-state index < -0.39 is 8.80 Å². The van der Waals surface area contributed by atoms with Gasteiger partial charge in [-0.15, -0.1) is 12.4 Å². The van der Waals surface area contributed by atoms with Crippen molar-refractivity contribution >= 4 is 33.3 Å². The van der Waals surface area contributed by atoms with Crippen molar-refractivity contribution in [2.24, 2.45) is 4.99 Å². The summed E-state index contributed by atoms with van der Waals surface area (Å²) < 4.78 is 16.2. The van der Waals surface area contributed by atoms with E-state index in [1.807, 2.05) is 6.92 Å². The summed E-state index contributed by atoms with van der Waals surface area (Å²) >= 11 is 0. The molecule has 0 aromatic heterocycles. The van der Waals surface area contributed by atoms with Crippen LogP contribution in [0.5, 0.6) is 5.75 Å². The van der Waals surface area contributed by atoms with Gasteiger partial charge < -0.3 is 18.4 Å². The van der Waals surface area contributed by atoms with Crippen LogP contribution in [0.25, 0.3) is 0 Å². The van der Waals surface area contributed by atoms with Crippen LogP contribution in [0, 0.1) is 0 Å². The maximum Gasteiger partial charge on any atom is 0.566 e. The van der Waals surface area contributed by atoms with Gasteiger partial charge in [0.15, 0.2) is 6.40 Å². The van der Waals surface area contributed by atoms with Crippen LogP contribution in [-0.2, 0) is 13.3 Å². The summed E-state index contributed by atoms with van der Waals surface area (Å²) in [7, 11) is 0.531. The summed E-state index contributed by atoms with van der Waals surface area (Å²) in [4.78, 5) is 4.10. The highest BCUT2D eigenvalue weighted by Gasteiger charge is 2.39. The maximum absolute atomic E-state index is 9.29. The van der Waals surface area contributed by atoms with Crippen LogP contribution in [0.3, 0.4) is 0 Å². The lowest BCUT2D eigenvalue weighted by atomic mass is 10.3. The largest absolute Gasteiger partial charge is 0.566 e. The first kappa shape index (κ1) is 17.9. The highest BCUT2D eigenvalue weighted by atomic mass is 35.5. The minimum Gasteiger partial charge on any atom is -0.508 e. The molecule has 0 aliphatic heterocycles. The third kappa shape index (κ3) is 5.60. The van der Waals surface area contributed by atoms with Gasteiger partial charge in [-0.3, -0.25) is 0 Å². The predicted molar refractivity (Wildman–Crippen MR) is 79.5 cm³/mol. The number of aliphatic imine (C=N–C) groups is 1. The lowest BCUT2D eigenvalue weighted by Crippen LogP contribution is -2.43. The molecule has 0 amide bonds. The molecule has 5 nitrogen and oxygen atoms in total. The molecule has 108 valence electrons. The Morgan fingerprint density at radius 2 is 2.00 bits per heavy atom. The van der Waals surface area contributed by atoms with Crippen LogP contribution in [0.2, 0.25) is 6.04 Å². The molecular formula is C12H20ClNO4Si. The molecule has 1 aromatic rings. The summed E-state index contributed by atoms with van der Waals surface area (Å²) in [5.41, 5.74) is 0.613. The smallest absolute Gasteiger partial charge is 0.508 e. The maximum atomic E-state index is 9.29. The fourth-order valence-corrected chi connectivity index (χ4v) is 3.20. The Morgan fingerprint density at radius 3 is 2.53 bits per heavy atom. The van der Waals surface area contributed by atoms with Crippen molar-refractivity contribution < 1.29 is 18.4 Å². The van der Waals surface area contributed by atoms with Crippen LogP contribution < -0.4 is 0 Å². The molecule has 0 aliphatic rings. The van der Waals surface area contributed by atoms with Crippen LogP contribution in [0.15, 0.2) is 29.3 Å². The monoisotopic (exact) mass is 305 g/mol. The Kier molecular flexibility index (Phi) is 8.41. The first-order valence-corrected chi connectivity index (χ1v) is 7.68. The van der Waals surface area contributed by atoms with Gasteiger partial charge in [0.05, 0.1) is 5.69 Å². The van der Waals surface area contributed by atoms with Crippen molar-refractivity contribution in [2.45, 2.75) is 19.4 Å². The minimum atomic E-state index is -2.62. The molecule has 0 saturated carbocycles. The normalized spacial score (nSPS) is 11.3. The van der Waals surface area contributed by atoms with Gasteiger partial charge >= 0.3 is 8.80 Å². The minimum absolute atomic E-state index is 0.